The number of aromatic nitrogens is 2. The number of carbonyl (C=O) groups excluding carboxylic acids is 1. The fraction of sp³-hybridized carbons (Fsp3) is 0.333. The molecule has 6 nitrogen and oxygen atoms in total. The molecule has 7 heteroatoms. The molecule has 0 saturated carbocycles. The SMILES string of the molecule is Cn1cc(CC(O)C(=O)N2CCOc3ccc(F)cc32)cn1. The molecule has 22 heavy (non-hydrogen) atoms. The van der Waals surface area contributed by atoms with Crippen LogP contribution in [0.1, 0.15) is 5.56 Å². The summed E-state index contributed by atoms with van der Waals surface area (Å²) in [4.78, 5) is 13.8. The van der Waals surface area contributed by atoms with Gasteiger partial charge in [0, 0.05) is 25.7 Å². The first-order valence-electron chi connectivity index (χ1n) is 6.94. The van der Waals surface area contributed by atoms with Crippen molar-refractivity contribution in [3.05, 3.63) is 42.0 Å². The Morgan fingerprint density at radius 3 is 3.09 bits per heavy atom. The van der Waals surface area contributed by atoms with Crippen LogP contribution in [0.4, 0.5) is 10.1 Å². The Balaban J connectivity index is 1.79. The number of aryl methyl sites for hydroxylation is 1. The number of fused-ring (bicyclic) bond motifs is 1. The van der Waals surface area contributed by atoms with E-state index in [-0.39, 0.29) is 13.0 Å². The highest BCUT2D eigenvalue weighted by atomic mass is 19.1. The van der Waals surface area contributed by atoms with Crippen molar-refractivity contribution in [3.63, 3.8) is 0 Å². The standard InChI is InChI=1S/C15H16FN3O3/c1-18-9-10(8-17-18)6-13(20)15(21)19-4-5-22-14-3-2-11(16)7-12(14)19/h2-3,7-9,13,20H,4-6H2,1H3. The first-order chi connectivity index (χ1) is 10.5. The molecule has 1 amide bonds. The fourth-order valence-corrected chi connectivity index (χ4v) is 2.49. The number of ether oxygens (including phenoxy) is 1. The minimum Gasteiger partial charge on any atom is -0.490 e. The second-order valence-electron chi connectivity index (χ2n) is 5.19. The van der Waals surface area contributed by atoms with Gasteiger partial charge in [-0.1, -0.05) is 0 Å². The molecule has 0 spiro atoms. The van der Waals surface area contributed by atoms with Crippen LogP contribution in [0.5, 0.6) is 5.75 Å². The molecule has 2 aromatic rings. The van der Waals surface area contributed by atoms with Gasteiger partial charge in [0.15, 0.2) is 0 Å². The molecule has 1 aromatic carbocycles. The average molecular weight is 305 g/mol. The number of nitrogens with zero attached hydrogens (tertiary/aromatic N) is 3. The van der Waals surface area contributed by atoms with Crippen LogP contribution in [-0.2, 0) is 18.3 Å². The summed E-state index contributed by atoms with van der Waals surface area (Å²) in [7, 11) is 1.76. The molecule has 0 fully saturated rings. The van der Waals surface area contributed by atoms with Gasteiger partial charge >= 0.3 is 0 Å². The molecule has 2 heterocycles. The van der Waals surface area contributed by atoms with Gasteiger partial charge in [-0.25, -0.2) is 4.39 Å². The van der Waals surface area contributed by atoms with Crippen molar-refractivity contribution >= 4 is 11.6 Å². The van der Waals surface area contributed by atoms with Crippen molar-refractivity contribution in [2.24, 2.45) is 7.05 Å². The van der Waals surface area contributed by atoms with Crippen LogP contribution < -0.4 is 9.64 Å². The van der Waals surface area contributed by atoms with E-state index in [1.807, 2.05) is 0 Å². The predicted octanol–water partition coefficient (Wildman–Crippen LogP) is 0.888. The maximum absolute atomic E-state index is 13.4. The van der Waals surface area contributed by atoms with Crippen molar-refractivity contribution < 1.29 is 19.0 Å². The Bertz CT molecular complexity index is 701. The summed E-state index contributed by atoms with van der Waals surface area (Å²) in [5.41, 5.74) is 1.11. The van der Waals surface area contributed by atoms with E-state index < -0.39 is 17.8 Å². The number of hydrogen-bond acceptors (Lipinski definition) is 4. The Hall–Kier alpha value is -2.41. The molecule has 1 N–H and O–H groups in total. The molecule has 1 aliphatic heterocycles. The summed E-state index contributed by atoms with van der Waals surface area (Å²) in [6.45, 7) is 0.587. The van der Waals surface area contributed by atoms with Crippen LogP contribution in [0.2, 0.25) is 0 Å². The Kier molecular flexibility index (Phi) is 3.81. The van der Waals surface area contributed by atoms with Gasteiger partial charge in [-0.15, -0.1) is 0 Å². The molecule has 1 aromatic heterocycles. The van der Waals surface area contributed by atoms with Gasteiger partial charge in [0.25, 0.3) is 5.91 Å². The molecule has 116 valence electrons. The third-order valence-electron chi connectivity index (χ3n) is 3.52. The molecule has 1 unspecified atom stereocenters. The van der Waals surface area contributed by atoms with E-state index in [0.29, 0.717) is 18.0 Å². The predicted molar refractivity (Wildman–Crippen MR) is 77.2 cm³/mol. The van der Waals surface area contributed by atoms with E-state index >= 15 is 0 Å². The first-order valence-corrected chi connectivity index (χ1v) is 6.94. The van der Waals surface area contributed by atoms with Crippen LogP contribution in [0.15, 0.2) is 30.6 Å². The zero-order valence-electron chi connectivity index (χ0n) is 12.1. The van der Waals surface area contributed by atoms with Crippen LogP contribution in [-0.4, -0.2) is 40.0 Å². The van der Waals surface area contributed by atoms with Gasteiger partial charge in [0.1, 0.15) is 24.3 Å². The van der Waals surface area contributed by atoms with E-state index in [1.165, 1.54) is 23.1 Å². The molecule has 0 bridgehead atoms. The lowest BCUT2D eigenvalue weighted by Gasteiger charge is -2.30. The molecule has 0 saturated heterocycles. The Morgan fingerprint density at radius 1 is 1.55 bits per heavy atom. The van der Waals surface area contributed by atoms with Crippen molar-refractivity contribution in [1.82, 2.24) is 9.78 Å². The molecular formula is C15H16FN3O3. The van der Waals surface area contributed by atoms with Gasteiger partial charge in [0.05, 0.1) is 18.4 Å². The van der Waals surface area contributed by atoms with Crippen molar-refractivity contribution in [1.29, 1.82) is 0 Å². The second-order valence-corrected chi connectivity index (χ2v) is 5.19. The lowest BCUT2D eigenvalue weighted by molar-refractivity contribution is -0.126. The highest BCUT2D eigenvalue weighted by molar-refractivity contribution is 5.98. The zero-order valence-corrected chi connectivity index (χ0v) is 12.1. The van der Waals surface area contributed by atoms with Gasteiger partial charge in [-0.3, -0.25) is 9.48 Å². The minimum absolute atomic E-state index is 0.161. The third-order valence-corrected chi connectivity index (χ3v) is 3.52. The molecule has 0 radical (unpaired) electrons. The van der Waals surface area contributed by atoms with E-state index in [9.17, 15) is 14.3 Å². The van der Waals surface area contributed by atoms with Crippen LogP contribution in [0.25, 0.3) is 0 Å². The van der Waals surface area contributed by atoms with E-state index in [1.54, 1.807) is 24.1 Å². The van der Waals surface area contributed by atoms with E-state index in [4.69, 9.17) is 4.74 Å². The highest BCUT2D eigenvalue weighted by Crippen LogP contribution is 2.32. The molecule has 1 atom stereocenters. The maximum Gasteiger partial charge on any atom is 0.256 e. The third kappa shape index (κ3) is 2.80. The van der Waals surface area contributed by atoms with Crippen molar-refractivity contribution in [2.75, 3.05) is 18.1 Å². The molecule has 0 aliphatic carbocycles. The normalized spacial score (nSPS) is 15.1. The van der Waals surface area contributed by atoms with Crippen LogP contribution in [0.3, 0.4) is 0 Å². The smallest absolute Gasteiger partial charge is 0.256 e. The first kappa shape index (κ1) is 14.5. The van der Waals surface area contributed by atoms with Gasteiger partial charge in [-0.05, 0) is 17.7 Å². The summed E-state index contributed by atoms with van der Waals surface area (Å²) in [6, 6.07) is 4.00. The lowest BCUT2D eigenvalue weighted by atomic mass is 10.1. The maximum atomic E-state index is 13.4. The lowest BCUT2D eigenvalue weighted by Crippen LogP contribution is -2.44. The van der Waals surface area contributed by atoms with Gasteiger partial charge in [-0.2, -0.15) is 5.10 Å². The topological polar surface area (TPSA) is 67.6 Å². The number of halogens is 1. The number of hydrogen-bond donors (Lipinski definition) is 1. The molecule has 3 rings (SSSR count). The number of anilines is 1. The van der Waals surface area contributed by atoms with Crippen LogP contribution in [0, 0.1) is 5.82 Å². The monoisotopic (exact) mass is 305 g/mol. The van der Waals surface area contributed by atoms with Crippen LogP contribution >= 0.6 is 0 Å². The highest BCUT2D eigenvalue weighted by Gasteiger charge is 2.29. The summed E-state index contributed by atoms with van der Waals surface area (Å²) in [6.07, 6.45) is 2.29. The summed E-state index contributed by atoms with van der Waals surface area (Å²) < 4.78 is 20.4. The minimum atomic E-state index is -1.21. The largest absolute Gasteiger partial charge is 0.490 e. The number of benzene rings is 1. The van der Waals surface area contributed by atoms with E-state index in [2.05, 4.69) is 5.10 Å². The summed E-state index contributed by atoms with van der Waals surface area (Å²) >= 11 is 0. The number of aliphatic hydroxyl groups excluding tert-OH is 1. The van der Waals surface area contributed by atoms with Crippen molar-refractivity contribution in [2.45, 2.75) is 12.5 Å². The Morgan fingerprint density at radius 2 is 2.36 bits per heavy atom. The zero-order chi connectivity index (χ0) is 15.7. The summed E-state index contributed by atoms with van der Waals surface area (Å²) in [5.74, 6) is -0.489. The molecule has 1 aliphatic rings. The molecular weight excluding hydrogens is 289 g/mol. The van der Waals surface area contributed by atoms with Gasteiger partial charge < -0.3 is 14.7 Å². The quantitative estimate of drug-likeness (QED) is 0.914. The van der Waals surface area contributed by atoms with Crippen molar-refractivity contribution in [3.8, 4) is 5.75 Å². The Labute approximate surface area is 126 Å². The average Bonchev–Trinajstić information content (AvgIpc) is 2.91. The summed E-state index contributed by atoms with van der Waals surface area (Å²) in [5, 5.41) is 14.2. The number of amides is 1. The van der Waals surface area contributed by atoms with E-state index in [0.717, 1.165) is 5.56 Å². The fourth-order valence-electron chi connectivity index (χ4n) is 2.49. The number of aliphatic hydroxyl groups is 1. The second kappa shape index (κ2) is 5.76. The number of carbonyl (C=O) groups is 1. The number of rotatable bonds is 3. The van der Waals surface area contributed by atoms with Gasteiger partial charge in [0.2, 0.25) is 0 Å².